The zero-order chi connectivity index (χ0) is 22.2. The molecule has 0 spiro atoms. The number of nitrogens with one attached hydrogen (secondary N) is 1. The summed E-state index contributed by atoms with van der Waals surface area (Å²) in [6, 6.07) is 10.2. The van der Waals surface area contributed by atoms with Gasteiger partial charge < -0.3 is 9.73 Å². The second-order valence-electron chi connectivity index (χ2n) is 7.93. The molecule has 2 aromatic carbocycles. The van der Waals surface area contributed by atoms with E-state index in [-0.39, 0.29) is 29.4 Å². The van der Waals surface area contributed by atoms with Gasteiger partial charge in [0.25, 0.3) is 0 Å². The molecule has 4 rings (SSSR count). The largest absolute Gasteiger partial charge is 0.419 e. The lowest BCUT2D eigenvalue weighted by Crippen LogP contribution is -2.27. The lowest BCUT2D eigenvalue weighted by Gasteiger charge is -2.15. The molecule has 1 aliphatic rings. The maximum Gasteiger partial charge on any atom is 0.419 e. The van der Waals surface area contributed by atoms with Crippen molar-refractivity contribution in [1.29, 1.82) is 0 Å². The van der Waals surface area contributed by atoms with Crippen LogP contribution in [0.25, 0.3) is 11.1 Å². The van der Waals surface area contributed by atoms with Crippen LogP contribution >= 0.6 is 0 Å². The Morgan fingerprint density at radius 2 is 1.74 bits per heavy atom. The van der Waals surface area contributed by atoms with Gasteiger partial charge in [-0.3, -0.25) is 9.36 Å². The molecule has 1 N–H and O–H groups in total. The van der Waals surface area contributed by atoms with Crippen LogP contribution in [0.15, 0.2) is 50.5 Å². The minimum atomic E-state index is -3.60. The summed E-state index contributed by atoms with van der Waals surface area (Å²) in [5.74, 6) is -0.843. The lowest BCUT2D eigenvalue weighted by molar-refractivity contribution is -0.116. The van der Waals surface area contributed by atoms with Crippen LogP contribution in [0.3, 0.4) is 0 Å². The number of oxazole rings is 1. The highest BCUT2D eigenvalue weighted by atomic mass is 32.2. The van der Waals surface area contributed by atoms with Gasteiger partial charge >= 0.3 is 5.76 Å². The molecule has 1 fully saturated rings. The molecule has 0 aliphatic carbocycles. The van der Waals surface area contributed by atoms with E-state index in [1.54, 1.807) is 6.07 Å². The predicted octanol–water partition coefficient (Wildman–Crippen LogP) is 3.02. The SMILES string of the molecule is Cc1cc(C)cc(NC(=O)CCn2c(=O)oc3cc(S(=O)(=O)N4CCCC4)ccc32)c1. The third kappa shape index (κ3) is 4.42. The smallest absolute Gasteiger partial charge is 0.408 e. The summed E-state index contributed by atoms with van der Waals surface area (Å²) in [7, 11) is -3.60. The van der Waals surface area contributed by atoms with Gasteiger partial charge in [0.05, 0.1) is 10.4 Å². The number of carbonyl (C=O) groups excluding carboxylic acids is 1. The minimum Gasteiger partial charge on any atom is -0.408 e. The predicted molar refractivity (Wildman–Crippen MR) is 118 cm³/mol. The van der Waals surface area contributed by atoms with E-state index in [0.29, 0.717) is 24.3 Å². The monoisotopic (exact) mass is 443 g/mol. The first kappa shape index (κ1) is 21.3. The molecule has 0 unspecified atom stereocenters. The van der Waals surface area contributed by atoms with Crippen molar-refractivity contribution in [2.24, 2.45) is 0 Å². The van der Waals surface area contributed by atoms with E-state index in [1.807, 2.05) is 32.0 Å². The average Bonchev–Trinajstić information content (AvgIpc) is 3.33. The fourth-order valence-corrected chi connectivity index (χ4v) is 5.51. The average molecular weight is 444 g/mol. The van der Waals surface area contributed by atoms with E-state index >= 15 is 0 Å². The maximum atomic E-state index is 12.8. The second-order valence-corrected chi connectivity index (χ2v) is 9.87. The molecule has 8 nitrogen and oxygen atoms in total. The molecular weight excluding hydrogens is 418 g/mol. The third-order valence-electron chi connectivity index (χ3n) is 5.41. The number of anilines is 1. The number of amides is 1. The number of rotatable bonds is 6. The van der Waals surface area contributed by atoms with E-state index in [9.17, 15) is 18.0 Å². The summed E-state index contributed by atoms with van der Waals surface area (Å²) in [6.45, 7) is 5.04. The first-order valence-electron chi connectivity index (χ1n) is 10.3. The van der Waals surface area contributed by atoms with Crippen molar-refractivity contribution in [3.63, 3.8) is 0 Å². The highest BCUT2D eigenvalue weighted by Gasteiger charge is 2.28. The van der Waals surface area contributed by atoms with Crippen molar-refractivity contribution in [3.8, 4) is 0 Å². The van der Waals surface area contributed by atoms with Crippen LogP contribution in [-0.2, 0) is 21.4 Å². The number of hydrogen-bond acceptors (Lipinski definition) is 5. The summed E-state index contributed by atoms with van der Waals surface area (Å²) in [5, 5.41) is 2.84. The zero-order valence-electron chi connectivity index (χ0n) is 17.6. The van der Waals surface area contributed by atoms with Crippen molar-refractivity contribution in [2.45, 2.75) is 44.6 Å². The molecule has 1 aromatic heterocycles. The summed E-state index contributed by atoms with van der Waals surface area (Å²) in [5.41, 5.74) is 3.47. The Kier molecular flexibility index (Phi) is 5.72. The lowest BCUT2D eigenvalue weighted by atomic mass is 10.1. The molecule has 1 saturated heterocycles. The Bertz CT molecular complexity index is 1280. The normalized spacial score (nSPS) is 14.9. The van der Waals surface area contributed by atoms with Crippen LogP contribution < -0.4 is 11.1 Å². The summed E-state index contributed by atoms with van der Waals surface area (Å²) in [4.78, 5) is 24.8. The van der Waals surface area contributed by atoms with Gasteiger partial charge in [-0.1, -0.05) is 6.07 Å². The Morgan fingerprint density at radius 1 is 1.06 bits per heavy atom. The summed E-state index contributed by atoms with van der Waals surface area (Å²) < 4.78 is 33.6. The number of aryl methyl sites for hydroxylation is 3. The fraction of sp³-hybridized carbons (Fsp3) is 0.364. The van der Waals surface area contributed by atoms with Crippen molar-refractivity contribution in [3.05, 3.63) is 58.1 Å². The summed E-state index contributed by atoms with van der Waals surface area (Å²) >= 11 is 0. The standard InChI is InChI=1S/C22H25N3O5S/c1-15-11-16(2)13-17(12-15)23-21(26)7-10-25-19-6-5-18(14-20(19)30-22(25)27)31(28,29)24-8-3-4-9-24/h5-6,11-14H,3-4,7-10H2,1-2H3,(H,23,26). The zero-order valence-corrected chi connectivity index (χ0v) is 18.4. The first-order chi connectivity index (χ1) is 14.7. The van der Waals surface area contributed by atoms with Gasteiger partial charge in [-0.2, -0.15) is 4.31 Å². The Morgan fingerprint density at radius 3 is 2.42 bits per heavy atom. The van der Waals surface area contributed by atoms with Gasteiger partial charge in [0.1, 0.15) is 0 Å². The molecule has 31 heavy (non-hydrogen) atoms. The molecular formula is C22H25N3O5S. The van der Waals surface area contributed by atoms with Crippen LogP contribution in [0.5, 0.6) is 0 Å². The number of fused-ring (bicyclic) bond motifs is 1. The second kappa shape index (κ2) is 8.32. The van der Waals surface area contributed by atoms with Crippen LogP contribution in [0.4, 0.5) is 5.69 Å². The Labute approximate surface area is 180 Å². The van der Waals surface area contributed by atoms with Crippen LogP contribution in [0.2, 0.25) is 0 Å². The van der Waals surface area contributed by atoms with Crippen molar-refractivity contribution < 1.29 is 17.6 Å². The number of sulfonamides is 1. The quantitative estimate of drug-likeness (QED) is 0.631. The molecule has 0 bridgehead atoms. The van der Waals surface area contributed by atoms with Gasteiger partial charge in [0.15, 0.2) is 5.58 Å². The highest BCUT2D eigenvalue weighted by Crippen LogP contribution is 2.24. The minimum absolute atomic E-state index is 0.0787. The molecule has 0 radical (unpaired) electrons. The number of hydrogen-bond donors (Lipinski definition) is 1. The first-order valence-corrected chi connectivity index (χ1v) is 11.7. The molecule has 9 heteroatoms. The molecule has 3 aromatic rings. The maximum absolute atomic E-state index is 12.8. The molecule has 0 saturated carbocycles. The molecule has 0 atom stereocenters. The van der Waals surface area contributed by atoms with E-state index in [1.165, 1.54) is 21.0 Å². The van der Waals surface area contributed by atoms with Crippen molar-refractivity contribution in [2.75, 3.05) is 18.4 Å². The molecule has 2 heterocycles. The molecule has 1 amide bonds. The Balaban J connectivity index is 1.51. The van der Waals surface area contributed by atoms with E-state index < -0.39 is 15.8 Å². The summed E-state index contributed by atoms with van der Waals surface area (Å²) in [6.07, 6.45) is 1.77. The fourth-order valence-electron chi connectivity index (χ4n) is 3.98. The van der Waals surface area contributed by atoms with Gasteiger partial charge in [0.2, 0.25) is 15.9 Å². The van der Waals surface area contributed by atoms with E-state index in [0.717, 1.165) is 24.0 Å². The van der Waals surface area contributed by atoms with E-state index in [2.05, 4.69) is 5.32 Å². The molecule has 164 valence electrons. The van der Waals surface area contributed by atoms with E-state index in [4.69, 9.17) is 4.42 Å². The number of carbonyl (C=O) groups is 1. The topological polar surface area (TPSA) is 102 Å². The van der Waals surface area contributed by atoms with Gasteiger partial charge in [-0.05, 0) is 62.1 Å². The number of benzene rings is 2. The highest BCUT2D eigenvalue weighted by molar-refractivity contribution is 7.89. The third-order valence-corrected chi connectivity index (χ3v) is 7.31. The van der Waals surface area contributed by atoms with Crippen LogP contribution in [0, 0.1) is 13.8 Å². The van der Waals surface area contributed by atoms with Crippen molar-refractivity contribution >= 4 is 32.7 Å². The van der Waals surface area contributed by atoms with Crippen LogP contribution in [0.1, 0.15) is 30.4 Å². The van der Waals surface area contributed by atoms with Gasteiger partial charge in [-0.25, -0.2) is 13.2 Å². The molecule has 1 aliphatic heterocycles. The van der Waals surface area contributed by atoms with Crippen LogP contribution in [-0.4, -0.2) is 36.3 Å². The van der Waals surface area contributed by atoms with Gasteiger partial charge in [0, 0.05) is 37.8 Å². The number of aromatic nitrogens is 1. The number of nitrogens with zero attached hydrogens (tertiary/aromatic N) is 2. The Hall–Kier alpha value is -2.91. The van der Waals surface area contributed by atoms with Gasteiger partial charge in [-0.15, -0.1) is 0 Å². The van der Waals surface area contributed by atoms with Crippen molar-refractivity contribution in [1.82, 2.24) is 8.87 Å².